The summed E-state index contributed by atoms with van der Waals surface area (Å²) >= 11 is 1.23. The number of anilines is 2. The van der Waals surface area contributed by atoms with Crippen LogP contribution in [0.3, 0.4) is 0 Å². The van der Waals surface area contributed by atoms with Crippen LogP contribution in [0.15, 0.2) is 0 Å². The molecule has 0 aliphatic rings. The molecule has 86 valence electrons. The maximum Gasteiger partial charge on any atom is 0.266 e. The highest BCUT2D eigenvalue weighted by Gasteiger charge is 2.14. The minimum absolute atomic E-state index is 0.188. The molecular weight excluding hydrogens is 224 g/mol. The van der Waals surface area contributed by atoms with Crippen molar-refractivity contribution in [1.29, 1.82) is 0 Å². The van der Waals surface area contributed by atoms with Crippen LogP contribution < -0.4 is 16.4 Å². The summed E-state index contributed by atoms with van der Waals surface area (Å²) in [6, 6.07) is 0. The summed E-state index contributed by atoms with van der Waals surface area (Å²) in [6.07, 6.45) is 6.03. The van der Waals surface area contributed by atoms with Gasteiger partial charge in [-0.15, -0.1) is 6.42 Å². The molecule has 1 aromatic rings. The van der Waals surface area contributed by atoms with E-state index in [1.807, 2.05) is 6.92 Å². The van der Waals surface area contributed by atoms with Crippen molar-refractivity contribution in [2.75, 3.05) is 24.1 Å². The SMILES string of the molecule is C#CCNC(=O)c1sc(NCCC)nc1N. The summed E-state index contributed by atoms with van der Waals surface area (Å²) in [5.41, 5.74) is 5.63. The smallest absolute Gasteiger partial charge is 0.266 e. The van der Waals surface area contributed by atoms with E-state index in [0.717, 1.165) is 13.0 Å². The quantitative estimate of drug-likeness (QED) is 0.666. The molecule has 0 bridgehead atoms. The lowest BCUT2D eigenvalue weighted by atomic mass is 10.4. The lowest BCUT2D eigenvalue weighted by Crippen LogP contribution is -2.23. The van der Waals surface area contributed by atoms with E-state index in [1.165, 1.54) is 11.3 Å². The van der Waals surface area contributed by atoms with Crippen LogP contribution in [0.2, 0.25) is 0 Å². The number of nitrogen functional groups attached to an aromatic ring is 1. The molecule has 0 saturated carbocycles. The Balaban J connectivity index is 2.69. The number of rotatable bonds is 5. The lowest BCUT2D eigenvalue weighted by molar-refractivity contribution is 0.0963. The van der Waals surface area contributed by atoms with Gasteiger partial charge in [-0.1, -0.05) is 24.2 Å². The lowest BCUT2D eigenvalue weighted by Gasteiger charge is -1.97. The monoisotopic (exact) mass is 238 g/mol. The Hall–Kier alpha value is -1.74. The molecule has 0 aliphatic carbocycles. The van der Waals surface area contributed by atoms with Crippen LogP contribution in [0.25, 0.3) is 0 Å². The molecule has 0 radical (unpaired) electrons. The van der Waals surface area contributed by atoms with Gasteiger partial charge in [0.1, 0.15) is 10.7 Å². The summed E-state index contributed by atoms with van der Waals surface area (Å²) in [4.78, 5) is 16.0. The Kier molecular flexibility index (Phi) is 4.61. The van der Waals surface area contributed by atoms with Crippen molar-refractivity contribution >= 4 is 28.2 Å². The molecule has 16 heavy (non-hydrogen) atoms. The second kappa shape index (κ2) is 5.98. The van der Waals surface area contributed by atoms with Crippen LogP contribution in [-0.4, -0.2) is 24.0 Å². The van der Waals surface area contributed by atoms with Gasteiger partial charge in [0.2, 0.25) is 0 Å². The number of thiazole rings is 1. The fraction of sp³-hybridized carbons (Fsp3) is 0.400. The second-order valence-corrected chi connectivity index (χ2v) is 4.05. The minimum atomic E-state index is -0.280. The highest BCUT2D eigenvalue weighted by atomic mass is 32.1. The molecule has 1 aromatic heterocycles. The molecule has 0 unspecified atom stereocenters. The topological polar surface area (TPSA) is 80.0 Å². The first kappa shape index (κ1) is 12.3. The maximum absolute atomic E-state index is 11.6. The number of terminal acetylenes is 1. The number of nitrogens with zero attached hydrogens (tertiary/aromatic N) is 1. The first-order chi connectivity index (χ1) is 7.69. The van der Waals surface area contributed by atoms with Gasteiger partial charge in [-0.2, -0.15) is 0 Å². The third kappa shape index (κ3) is 3.14. The number of nitrogens with one attached hydrogen (secondary N) is 2. The normalized spacial score (nSPS) is 9.50. The van der Waals surface area contributed by atoms with Crippen molar-refractivity contribution in [3.05, 3.63) is 4.88 Å². The molecule has 0 aromatic carbocycles. The first-order valence-electron chi connectivity index (χ1n) is 4.90. The zero-order chi connectivity index (χ0) is 12.0. The molecule has 1 rings (SSSR count). The molecule has 5 nitrogen and oxygen atoms in total. The van der Waals surface area contributed by atoms with E-state index in [9.17, 15) is 4.79 Å². The van der Waals surface area contributed by atoms with E-state index in [2.05, 4.69) is 21.5 Å². The predicted octanol–water partition coefficient (Wildman–Crippen LogP) is 0.910. The van der Waals surface area contributed by atoms with Crippen LogP contribution in [0.4, 0.5) is 10.9 Å². The highest BCUT2D eigenvalue weighted by molar-refractivity contribution is 7.18. The van der Waals surface area contributed by atoms with Crippen molar-refractivity contribution < 1.29 is 4.79 Å². The summed E-state index contributed by atoms with van der Waals surface area (Å²) in [5, 5.41) is 6.28. The van der Waals surface area contributed by atoms with Crippen LogP contribution >= 0.6 is 11.3 Å². The molecule has 4 N–H and O–H groups in total. The molecule has 0 saturated heterocycles. The fourth-order valence-electron chi connectivity index (χ4n) is 1.01. The van der Waals surface area contributed by atoms with Crippen molar-refractivity contribution in [1.82, 2.24) is 10.3 Å². The molecule has 0 atom stereocenters. The van der Waals surface area contributed by atoms with E-state index in [4.69, 9.17) is 12.2 Å². The third-order valence-corrected chi connectivity index (χ3v) is 2.76. The number of nitrogens with two attached hydrogens (primary N) is 1. The van der Waals surface area contributed by atoms with Gasteiger partial charge in [0.25, 0.3) is 5.91 Å². The Morgan fingerprint density at radius 1 is 1.69 bits per heavy atom. The maximum atomic E-state index is 11.6. The van der Waals surface area contributed by atoms with Gasteiger partial charge >= 0.3 is 0 Å². The molecule has 0 fully saturated rings. The Bertz CT molecular complexity index is 407. The predicted molar refractivity (Wildman–Crippen MR) is 66.5 cm³/mol. The second-order valence-electron chi connectivity index (χ2n) is 3.05. The summed E-state index contributed by atoms with van der Waals surface area (Å²) < 4.78 is 0. The van der Waals surface area contributed by atoms with Crippen LogP contribution in [-0.2, 0) is 0 Å². The van der Waals surface area contributed by atoms with E-state index < -0.39 is 0 Å². The zero-order valence-electron chi connectivity index (χ0n) is 9.04. The van der Waals surface area contributed by atoms with Gasteiger partial charge in [0.05, 0.1) is 6.54 Å². The number of hydrogen-bond acceptors (Lipinski definition) is 5. The van der Waals surface area contributed by atoms with Gasteiger partial charge in [-0.05, 0) is 6.42 Å². The molecule has 0 spiro atoms. The van der Waals surface area contributed by atoms with Crippen LogP contribution in [0.5, 0.6) is 0 Å². The van der Waals surface area contributed by atoms with Crippen molar-refractivity contribution in [2.24, 2.45) is 0 Å². The summed E-state index contributed by atoms with van der Waals surface area (Å²) in [5.74, 6) is 2.28. The average molecular weight is 238 g/mol. The number of carbonyl (C=O) groups is 1. The molecule has 6 heteroatoms. The average Bonchev–Trinajstić information content (AvgIpc) is 2.64. The molecular formula is C10H14N4OS. The van der Waals surface area contributed by atoms with E-state index in [0.29, 0.717) is 10.0 Å². The largest absolute Gasteiger partial charge is 0.382 e. The van der Waals surface area contributed by atoms with E-state index in [1.54, 1.807) is 0 Å². The van der Waals surface area contributed by atoms with Crippen molar-refractivity contribution in [3.63, 3.8) is 0 Å². The Morgan fingerprint density at radius 2 is 2.44 bits per heavy atom. The van der Waals surface area contributed by atoms with Gasteiger partial charge in [-0.3, -0.25) is 4.79 Å². The van der Waals surface area contributed by atoms with Crippen molar-refractivity contribution in [2.45, 2.75) is 13.3 Å². The summed E-state index contributed by atoms with van der Waals surface area (Å²) in [7, 11) is 0. The third-order valence-electron chi connectivity index (χ3n) is 1.74. The number of amides is 1. The Morgan fingerprint density at radius 3 is 3.06 bits per heavy atom. The van der Waals surface area contributed by atoms with Gasteiger partial charge in [0.15, 0.2) is 5.13 Å². The number of hydrogen-bond donors (Lipinski definition) is 3. The molecule has 1 heterocycles. The van der Waals surface area contributed by atoms with Crippen LogP contribution in [0, 0.1) is 12.3 Å². The number of carbonyl (C=O) groups excluding carboxylic acids is 1. The van der Waals surface area contributed by atoms with E-state index >= 15 is 0 Å². The van der Waals surface area contributed by atoms with Gasteiger partial charge in [-0.25, -0.2) is 4.98 Å². The number of aromatic nitrogens is 1. The van der Waals surface area contributed by atoms with Gasteiger partial charge < -0.3 is 16.4 Å². The van der Waals surface area contributed by atoms with Gasteiger partial charge in [0, 0.05) is 6.54 Å². The van der Waals surface area contributed by atoms with Crippen molar-refractivity contribution in [3.8, 4) is 12.3 Å². The fourth-order valence-corrected chi connectivity index (χ4v) is 1.84. The van der Waals surface area contributed by atoms with E-state index in [-0.39, 0.29) is 18.3 Å². The standard InChI is InChI=1S/C10H14N4OS/c1-3-5-12-9(15)7-8(11)14-10(16-7)13-6-4-2/h1H,4-6,11H2,2H3,(H,12,15)(H,13,14). The minimum Gasteiger partial charge on any atom is -0.382 e. The Labute approximate surface area is 98.4 Å². The molecule has 0 aliphatic heterocycles. The highest BCUT2D eigenvalue weighted by Crippen LogP contribution is 2.24. The first-order valence-corrected chi connectivity index (χ1v) is 5.72. The summed E-state index contributed by atoms with van der Waals surface area (Å²) in [6.45, 7) is 3.04. The zero-order valence-corrected chi connectivity index (χ0v) is 9.86. The molecule has 1 amide bonds. The van der Waals surface area contributed by atoms with Crippen LogP contribution in [0.1, 0.15) is 23.0 Å².